The van der Waals surface area contributed by atoms with Crippen molar-refractivity contribution in [3.8, 4) is 5.75 Å². The molecule has 4 aromatic carbocycles. The molecule has 0 amide bonds. The third-order valence-electron chi connectivity index (χ3n) is 6.07. The average molecular weight is 467 g/mol. The first-order chi connectivity index (χ1) is 16.5. The molecule has 2 atom stereocenters. The van der Waals surface area contributed by atoms with Crippen molar-refractivity contribution in [2.45, 2.75) is 39.5 Å². The summed E-state index contributed by atoms with van der Waals surface area (Å²) < 4.78 is 6.53. The number of Topliss-reactive ketones (excluding diaryl/α,β-unsaturated/α-hetero) is 1. The standard InChI is InChI=1S/C31H31O2P/c1-22-12-10-18-28(23(2)32)31(22)34-24(3)29-19-11-17-27(20-25-13-6-4-7-14-25)30(29)33-21-26-15-8-5-9-16-26/h4-19,24,34H,20-21H2,1-3H3. The largest absolute Gasteiger partial charge is 0.488 e. The van der Waals surface area contributed by atoms with E-state index in [1.54, 1.807) is 6.92 Å². The number of ketones is 1. The van der Waals surface area contributed by atoms with Gasteiger partial charge in [0, 0.05) is 23.2 Å². The van der Waals surface area contributed by atoms with E-state index in [-0.39, 0.29) is 11.4 Å². The molecule has 0 N–H and O–H groups in total. The number of ether oxygens (including phenoxy) is 1. The van der Waals surface area contributed by atoms with E-state index in [1.165, 1.54) is 22.3 Å². The summed E-state index contributed by atoms with van der Waals surface area (Å²) in [4.78, 5) is 12.3. The Morgan fingerprint density at radius 2 is 1.47 bits per heavy atom. The van der Waals surface area contributed by atoms with Crippen LogP contribution in [0.2, 0.25) is 0 Å². The fourth-order valence-electron chi connectivity index (χ4n) is 4.25. The van der Waals surface area contributed by atoms with Crippen LogP contribution in [-0.2, 0) is 13.0 Å². The molecule has 172 valence electrons. The molecule has 0 aromatic heterocycles. The highest BCUT2D eigenvalue weighted by Gasteiger charge is 2.19. The average Bonchev–Trinajstić information content (AvgIpc) is 2.85. The zero-order valence-electron chi connectivity index (χ0n) is 20.0. The van der Waals surface area contributed by atoms with Crippen LogP contribution >= 0.6 is 8.58 Å². The third kappa shape index (κ3) is 5.82. The molecular weight excluding hydrogens is 435 g/mol. The molecular formula is C31H31O2P. The van der Waals surface area contributed by atoms with Crippen LogP contribution < -0.4 is 10.0 Å². The van der Waals surface area contributed by atoms with Gasteiger partial charge in [0.1, 0.15) is 12.4 Å². The summed E-state index contributed by atoms with van der Waals surface area (Å²) in [7, 11) is 0.477. The Hall–Kier alpha value is -3.22. The molecule has 2 unspecified atom stereocenters. The molecule has 0 saturated carbocycles. The predicted molar refractivity (Wildman–Crippen MR) is 144 cm³/mol. The monoisotopic (exact) mass is 466 g/mol. The highest BCUT2D eigenvalue weighted by atomic mass is 31.1. The highest BCUT2D eigenvalue weighted by molar-refractivity contribution is 7.48. The molecule has 4 rings (SSSR count). The zero-order valence-corrected chi connectivity index (χ0v) is 21.0. The van der Waals surface area contributed by atoms with Gasteiger partial charge in [0.05, 0.1) is 0 Å². The topological polar surface area (TPSA) is 26.3 Å². The predicted octanol–water partition coefficient (Wildman–Crippen LogP) is 7.43. The maximum Gasteiger partial charge on any atom is 0.160 e. The van der Waals surface area contributed by atoms with Gasteiger partial charge in [0.15, 0.2) is 5.78 Å². The van der Waals surface area contributed by atoms with Crippen LogP contribution in [0.1, 0.15) is 57.7 Å². The maximum atomic E-state index is 12.3. The van der Waals surface area contributed by atoms with Gasteiger partial charge in [-0.25, -0.2) is 0 Å². The SMILES string of the molecule is CC(=O)c1cccc(C)c1PC(C)c1cccc(Cc2ccccc2)c1OCc1ccccc1. The molecule has 0 aliphatic heterocycles. The summed E-state index contributed by atoms with van der Waals surface area (Å²) in [6.45, 7) is 6.52. The molecule has 0 spiro atoms. The number of hydrogen-bond acceptors (Lipinski definition) is 2. The van der Waals surface area contributed by atoms with Gasteiger partial charge in [-0.1, -0.05) is 113 Å². The molecule has 0 fully saturated rings. The van der Waals surface area contributed by atoms with Crippen LogP contribution in [-0.4, -0.2) is 5.78 Å². The van der Waals surface area contributed by atoms with Gasteiger partial charge in [-0.3, -0.25) is 4.79 Å². The van der Waals surface area contributed by atoms with E-state index in [2.05, 4.69) is 74.5 Å². The van der Waals surface area contributed by atoms with Gasteiger partial charge in [0.25, 0.3) is 0 Å². The van der Waals surface area contributed by atoms with Gasteiger partial charge in [-0.05, 0) is 41.4 Å². The lowest BCUT2D eigenvalue weighted by molar-refractivity contribution is 0.101. The lowest BCUT2D eigenvalue weighted by Crippen LogP contribution is -2.13. The van der Waals surface area contributed by atoms with Crippen molar-refractivity contribution in [3.05, 3.63) is 130 Å². The molecule has 0 aliphatic carbocycles. The minimum absolute atomic E-state index is 0.122. The van der Waals surface area contributed by atoms with Crippen LogP contribution in [0.15, 0.2) is 97.1 Å². The van der Waals surface area contributed by atoms with Crippen LogP contribution in [0.5, 0.6) is 5.75 Å². The smallest absolute Gasteiger partial charge is 0.160 e. The fraction of sp³-hybridized carbons (Fsp3) is 0.194. The second kappa shape index (κ2) is 11.3. The molecule has 0 heterocycles. The van der Waals surface area contributed by atoms with E-state index in [1.807, 2.05) is 36.4 Å². The third-order valence-corrected chi connectivity index (χ3v) is 7.77. The number of carbonyl (C=O) groups excluding carboxylic acids is 1. The van der Waals surface area contributed by atoms with Crippen molar-refractivity contribution < 1.29 is 9.53 Å². The summed E-state index contributed by atoms with van der Waals surface area (Å²) in [5, 5.41) is 1.16. The van der Waals surface area contributed by atoms with Gasteiger partial charge in [0.2, 0.25) is 0 Å². The Balaban J connectivity index is 1.69. The zero-order chi connectivity index (χ0) is 23.9. The molecule has 34 heavy (non-hydrogen) atoms. The number of aryl methyl sites for hydroxylation is 1. The summed E-state index contributed by atoms with van der Waals surface area (Å²) in [6.07, 6.45) is 0.817. The van der Waals surface area contributed by atoms with Crippen molar-refractivity contribution in [1.29, 1.82) is 0 Å². The Morgan fingerprint density at radius 3 is 2.15 bits per heavy atom. The molecule has 2 nitrogen and oxygen atoms in total. The molecule has 4 aromatic rings. The van der Waals surface area contributed by atoms with E-state index < -0.39 is 0 Å². The van der Waals surface area contributed by atoms with Crippen molar-refractivity contribution in [2.75, 3.05) is 0 Å². The number of para-hydroxylation sites is 1. The maximum absolute atomic E-state index is 12.3. The quantitative estimate of drug-likeness (QED) is 0.189. The minimum Gasteiger partial charge on any atom is -0.488 e. The lowest BCUT2D eigenvalue weighted by atomic mass is 10.00. The van der Waals surface area contributed by atoms with Crippen LogP contribution in [0.25, 0.3) is 0 Å². The van der Waals surface area contributed by atoms with E-state index in [4.69, 9.17) is 4.74 Å². The molecule has 0 radical (unpaired) electrons. The van der Waals surface area contributed by atoms with Crippen molar-refractivity contribution in [1.82, 2.24) is 0 Å². The van der Waals surface area contributed by atoms with Crippen molar-refractivity contribution >= 4 is 19.7 Å². The lowest BCUT2D eigenvalue weighted by Gasteiger charge is -2.22. The second-order valence-corrected chi connectivity index (χ2v) is 10.3. The van der Waals surface area contributed by atoms with Gasteiger partial charge < -0.3 is 4.74 Å². The van der Waals surface area contributed by atoms with Gasteiger partial charge >= 0.3 is 0 Å². The minimum atomic E-state index is 0.122. The first-order valence-electron chi connectivity index (χ1n) is 11.7. The number of benzene rings is 4. The summed E-state index contributed by atoms with van der Waals surface area (Å²) >= 11 is 0. The Bertz CT molecular complexity index is 1250. The van der Waals surface area contributed by atoms with E-state index in [9.17, 15) is 4.79 Å². The van der Waals surface area contributed by atoms with E-state index in [0.717, 1.165) is 28.6 Å². The molecule has 3 heteroatoms. The van der Waals surface area contributed by atoms with E-state index >= 15 is 0 Å². The summed E-state index contributed by atoms with van der Waals surface area (Å²) in [5.74, 6) is 1.09. The number of hydrogen-bond donors (Lipinski definition) is 0. The molecule has 0 aliphatic rings. The Labute approximate surface area is 204 Å². The van der Waals surface area contributed by atoms with Crippen LogP contribution in [0.4, 0.5) is 0 Å². The van der Waals surface area contributed by atoms with Gasteiger partial charge in [-0.15, -0.1) is 0 Å². The first kappa shape index (κ1) is 23.9. The number of carbonyl (C=O) groups is 1. The van der Waals surface area contributed by atoms with Crippen molar-refractivity contribution in [3.63, 3.8) is 0 Å². The van der Waals surface area contributed by atoms with E-state index in [0.29, 0.717) is 15.2 Å². The Morgan fingerprint density at radius 1 is 0.824 bits per heavy atom. The molecule has 0 saturated heterocycles. The second-order valence-electron chi connectivity index (χ2n) is 8.69. The molecule has 0 bridgehead atoms. The van der Waals surface area contributed by atoms with Crippen LogP contribution in [0.3, 0.4) is 0 Å². The summed E-state index contributed by atoms with van der Waals surface area (Å²) in [5.41, 5.74) is 7.02. The van der Waals surface area contributed by atoms with Crippen LogP contribution in [0, 0.1) is 6.92 Å². The van der Waals surface area contributed by atoms with Gasteiger partial charge in [-0.2, -0.15) is 0 Å². The van der Waals surface area contributed by atoms with Crippen molar-refractivity contribution in [2.24, 2.45) is 0 Å². The Kier molecular flexibility index (Phi) is 7.93. The number of rotatable bonds is 9. The summed E-state index contributed by atoms with van der Waals surface area (Å²) in [6, 6.07) is 33.3. The first-order valence-corrected chi connectivity index (χ1v) is 12.8. The highest BCUT2D eigenvalue weighted by Crippen LogP contribution is 2.42. The normalized spacial score (nSPS) is 12.1. The fourth-order valence-corrected chi connectivity index (χ4v) is 5.80.